The zero-order chi connectivity index (χ0) is 30.2. The molecule has 0 bridgehead atoms. The van der Waals surface area contributed by atoms with Crippen molar-refractivity contribution in [2.45, 2.75) is 19.8 Å². The van der Waals surface area contributed by atoms with Crippen molar-refractivity contribution in [3.8, 4) is 39.6 Å². The highest BCUT2D eigenvalue weighted by molar-refractivity contribution is 7.87. The van der Waals surface area contributed by atoms with E-state index in [4.69, 9.17) is 16.3 Å². The lowest BCUT2D eigenvalue weighted by Gasteiger charge is -2.30. The van der Waals surface area contributed by atoms with Crippen LogP contribution in [0.15, 0.2) is 72.1 Å². The number of hydrogen-bond donors (Lipinski definition) is 0. The van der Waals surface area contributed by atoms with E-state index < -0.39 is 23.3 Å². The van der Waals surface area contributed by atoms with Crippen LogP contribution >= 0.6 is 22.9 Å². The molecule has 10 heteroatoms. The first kappa shape index (κ1) is 29.4. The monoisotopic (exact) mass is 631 g/mol. The number of methoxy groups -OCH3 is 1. The van der Waals surface area contributed by atoms with Gasteiger partial charge in [-0.1, -0.05) is 42.8 Å². The number of nitrogens with zero attached hydrogens (tertiary/aromatic N) is 3. The molecule has 3 aromatic carbocycles. The molecule has 0 saturated carbocycles. The number of esters is 1. The largest absolute Gasteiger partial charge is 0.573 e. The van der Waals surface area contributed by atoms with E-state index in [-0.39, 0.29) is 0 Å². The molecule has 1 aliphatic heterocycles. The topological polar surface area (TPSA) is 81.3 Å². The number of halogens is 2. The molecule has 0 N–H and O–H groups in total. The van der Waals surface area contributed by atoms with E-state index >= 15 is 0 Å². The average molecular weight is 632 g/mol. The van der Waals surface area contributed by atoms with E-state index in [1.807, 2.05) is 40.0 Å². The number of hydrogen-bond acceptors (Lipinski definition) is 6. The number of fused-ring (bicyclic) bond motifs is 1. The number of carbonyl (C=O) groups excluding carboxylic acids is 1. The smallest absolute Gasteiger partial charge is 0.337 e. The summed E-state index contributed by atoms with van der Waals surface area (Å²) in [6.45, 7) is 3.55. The number of aromatic nitrogens is 1. The molecular weight excluding hydrogens is 605 g/mol. The Labute approximate surface area is 261 Å². The summed E-state index contributed by atoms with van der Waals surface area (Å²) in [6, 6.07) is 21.2. The third-order valence-electron chi connectivity index (χ3n) is 7.88. The number of ether oxygens (including phenoxy) is 1. The fraction of sp³-hybridized carbons (Fsp3) is 0.212. The first-order chi connectivity index (χ1) is 20.8. The average Bonchev–Trinajstić information content (AvgIpc) is 3.62. The van der Waals surface area contributed by atoms with Crippen molar-refractivity contribution in [2.75, 3.05) is 20.2 Å². The third kappa shape index (κ3) is 5.46. The second-order valence-electron chi connectivity index (χ2n) is 10.6. The maximum Gasteiger partial charge on any atom is 0.337 e. The minimum atomic E-state index is -1.62. The number of rotatable bonds is 6. The predicted octanol–water partition coefficient (Wildman–Crippen LogP) is 8.31. The van der Waals surface area contributed by atoms with Gasteiger partial charge in [0, 0.05) is 45.8 Å². The van der Waals surface area contributed by atoms with Gasteiger partial charge in [0.05, 0.1) is 12.7 Å². The molecule has 1 aliphatic rings. The zero-order valence-corrected chi connectivity index (χ0v) is 25.9. The predicted molar refractivity (Wildman–Crippen MR) is 171 cm³/mol. The maximum absolute atomic E-state index is 14.8. The Balaban J connectivity index is 1.61. The highest BCUT2D eigenvalue weighted by atomic mass is 35.5. The summed E-state index contributed by atoms with van der Waals surface area (Å²) >= 11 is 6.33. The molecule has 1 atom stereocenters. The van der Waals surface area contributed by atoms with Crippen LogP contribution in [0.3, 0.4) is 0 Å². The summed E-state index contributed by atoms with van der Waals surface area (Å²) in [7, 11) is 1.32. The molecule has 6 nitrogen and oxygen atoms in total. The second kappa shape index (κ2) is 12.2. The van der Waals surface area contributed by atoms with Gasteiger partial charge >= 0.3 is 5.97 Å². The van der Waals surface area contributed by atoms with Crippen molar-refractivity contribution in [2.24, 2.45) is 5.92 Å². The Morgan fingerprint density at radius 2 is 1.86 bits per heavy atom. The van der Waals surface area contributed by atoms with E-state index in [0.29, 0.717) is 67.8 Å². The van der Waals surface area contributed by atoms with E-state index in [1.54, 1.807) is 28.2 Å². The molecule has 1 unspecified atom stereocenters. The molecule has 2 aromatic heterocycles. The summed E-state index contributed by atoms with van der Waals surface area (Å²) in [6.07, 6.45) is 1.86. The highest BCUT2D eigenvalue weighted by Gasteiger charge is 2.34. The summed E-state index contributed by atoms with van der Waals surface area (Å²) in [5, 5.41) is 12.8. The molecule has 1 fully saturated rings. The first-order valence-electron chi connectivity index (χ1n) is 13.8. The number of thiophene rings is 1. The Hall–Kier alpha value is -3.65. The molecule has 0 radical (unpaired) electrons. The summed E-state index contributed by atoms with van der Waals surface area (Å²) < 4.78 is 37.8. The van der Waals surface area contributed by atoms with Crippen LogP contribution < -0.4 is 0 Å². The van der Waals surface area contributed by atoms with Crippen LogP contribution in [0.25, 0.3) is 44.4 Å². The van der Waals surface area contributed by atoms with Gasteiger partial charge in [-0.3, -0.25) is 0 Å². The van der Waals surface area contributed by atoms with Gasteiger partial charge in [0.25, 0.3) is 0 Å². The van der Waals surface area contributed by atoms with Gasteiger partial charge in [-0.05, 0) is 72.2 Å². The van der Waals surface area contributed by atoms with Gasteiger partial charge in [-0.15, -0.1) is 19.6 Å². The molecule has 0 aliphatic carbocycles. The fourth-order valence-corrected chi connectivity index (χ4v) is 8.02. The van der Waals surface area contributed by atoms with Gasteiger partial charge in [0.2, 0.25) is 0 Å². The Kier molecular flexibility index (Phi) is 8.32. The summed E-state index contributed by atoms with van der Waals surface area (Å²) in [5.41, 5.74) is 5.08. The standard InChI is InChI=1S/C33H27ClFN3O3S2/c1-20-10-13-37(14-11-20)43(40)38-29-9-7-24(35)18-27(29)31(26-12-15-42-30(26)19-36)32(38)22-5-3-4-21(16-22)25-8-6-23(17-28(25)34)33(39)41-2/h3-9,12,15-18,20H,10-11,13-14H2,1-2H3. The summed E-state index contributed by atoms with van der Waals surface area (Å²) in [4.78, 5) is 12.5. The van der Waals surface area contributed by atoms with E-state index in [9.17, 15) is 19.0 Å². The minimum Gasteiger partial charge on any atom is -0.573 e. The van der Waals surface area contributed by atoms with Crippen LogP contribution in [-0.2, 0) is 16.3 Å². The van der Waals surface area contributed by atoms with Gasteiger partial charge in [-0.2, -0.15) is 5.26 Å². The van der Waals surface area contributed by atoms with Gasteiger partial charge in [0.1, 0.15) is 28.0 Å². The third-order valence-corrected chi connectivity index (χ3v) is 10.5. The normalized spacial score (nSPS) is 15.0. The van der Waals surface area contributed by atoms with E-state index in [0.717, 1.165) is 24.0 Å². The number of nitriles is 1. The Morgan fingerprint density at radius 1 is 1.09 bits per heavy atom. The molecule has 6 rings (SSSR count). The zero-order valence-electron chi connectivity index (χ0n) is 23.5. The van der Waals surface area contributed by atoms with Crippen molar-refractivity contribution < 1.29 is 18.5 Å². The SMILES string of the molecule is COC(=O)c1ccc(-c2cccc(-c3c(-c4ccsc4C#N)c4cc(F)ccc4n3[S+]([O-])N3CCC(C)CC3)c2)c(Cl)c1. The van der Waals surface area contributed by atoms with Crippen molar-refractivity contribution in [3.05, 3.63) is 93.4 Å². The van der Waals surface area contributed by atoms with Gasteiger partial charge < -0.3 is 9.29 Å². The molecule has 1 saturated heterocycles. The van der Waals surface area contributed by atoms with Crippen LogP contribution in [0.1, 0.15) is 35.0 Å². The second-order valence-corrected chi connectivity index (χ2v) is 13.2. The molecule has 0 amide bonds. The van der Waals surface area contributed by atoms with Crippen molar-refractivity contribution >= 4 is 51.4 Å². The molecular formula is C33H27ClFN3O3S2. The molecule has 218 valence electrons. The summed E-state index contributed by atoms with van der Waals surface area (Å²) in [5.74, 6) is -0.355. The molecule has 43 heavy (non-hydrogen) atoms. The fourth-order valence-electron chi connectivity index (χ4n) is 5.61. The van der Waals surface area contributed by atoms with Gasteiger partial charge in [-0.25, -0.2) is 9.18 Å². The van der Waals surface area contributed by atoms with Crippen molar-refractivity contribution in [1.82, 2.24) is 8.28 Å². The number of carbonyl (C=O) groups is 1. The highest BCUT2D eigenvalue weighted by Crippen LogP contribution is 2.46. The van der Waals surface area contributed by atoms with Crippen molar-refractivity contribution in [1.29, 1.82) is 5.26 Å². The maximum atomic E-state index is 14.8. The van der Waals surface area contributed by atoms with E-state index in [1.165, 1.54) is 30.6 Å². The number of benzene rings is 3. The Bertz CT molecular complexity index is 1890. The molecule has 5 aromatic rings. The lowest BCUT2D eigenvalue weighted by atomic mass is 9.96. The molecule has 3 heterocycles. The van der Waals surface area contributed by atoms with Crippen LogP contribution in [0.2, 0.25) is 5.02 Å². The molecule has 0 spiro atoms. The quantitative estimate of drug-likeness (QED) is 0.139. The van der Waals surface area contributed by atoms with Crippen molar-refractivity contribution in [3.63, 3.8) is 0 Å². The van der Waals surface area contributed by atoms with Crippen LogP contribution in [0.4, 0.5) is 4.39 Å². The van der Waals surface area contributed by atoms with Crippen LogP contribution in [0.5, 0.6) is 0 Å². The first-order valence-corrected chi connectivity index (χ1v) is 16.1. The van der Waals surface area contributed by atoms with Crippen LogP contribution in [-0.4, -0.2) is 39.0 Å². The number of piperidine rings is 1. The van der Waals surface area contributed by atoms with E-state index in [2.05, 4.69) is 13.0 Å². The lowest BCUT2D eigenvalue weighted by molar-refractivity contribution is 0.0600. The lowest BCUT2D eigenvalue weighted by Crippen LogP contribution is -2.41. The minimum absolute atomic E-state index is 0.338. The van der Waals surface area contributed by atoms with Gasteiger partial charge in [0.15, 0.2) is 11.5 Å². The van der Waals surface area contributed by atoms with Crippen LogP contribution in [0, 0.1) is 23.1 Å². The Morgan fingerprint density at radius 3 is 2.58 bits per heavy atom.